The van der Waals surface area contributed by atoms with Crippen LogP contribution in [-0.2, 0) is 20.9 Å². The molecule has 1 aromatic heterocycles. The summed E-state index contributed by atoms with van der Waals surface area (Å²) in [6, 6.07) is 16.7. The van der Waals surface area contributed by atoms with Crippen LogP contribution in [0.1, 0.15) is 93.3 Å². The molecule has 52 heavy (non-hydrogen) atoms. The van der Waals surface area contributed by atoms with Crippen molar-refractivity contribution in [3.05, 3.63) is 83.7 Å². The summed E-state index contributed by atoms with van der Waals surface area (Å²) in [6.07, 6.45) is 7.87. The Kier molecular flexibility index (Phi) is 14.4. The third-order valence-corrected chi connectivity index (χ3v) is 15.9. The second kappa shape index (κ2) is 18.3. The van der Waals surface area contributed by atoms with Crippen LogP contribution < -0.4 is 9.46 Å². The van der Waals surface area contributed by atoms with Gasteiger partial charge in [-0.25, -0.2) is 17.9 Å². The SMILES string of the molecule is CC(C)(C)[Si](C)(C)O[C@@H](CN(CCc1ccc(-c2ccc(C(=O)NS(=O)(=O)CCCCO)c(OC3CCCCC3)c2)cc1)C(=O)O)c1cccnc1. The van der Waals surface area contributed by atoms with Crippen LogP contribution in [0.25, 0.3) is 11.1 Å². The van der Waals surface area contributed by atoms with E-state index in [9.17, 15) is 23.1 Å². The summed E-state index contributed by atoms with van der Waals surface area (Å²) in [5, 5.41) is 19.1. The molecule has 1 saturated carbocycles. The predicted octanol–water partition coefficient (Wildman–Crippen LogP) is 7.58. The highest BCUT2D eigenvalue weighted by molar-refractivity contribution is 7.90. The largest absolute Gasteiger partial charge is 0.490 e. The van der Waals surface area contributed by atoms with E-state index >= 15 is 0 Å². The first-order valence-electron chi connectivity index (χ1n) is 18.2. The predicted molar refractivity (Wildman–Crippen MR) is 206 cm³/mol. The Morgan fingerprint density at radius 3 is 2.33 bits per heavy atom. The minimum Gasteiger partial charge on any atom is -0.490 e. The van der Waals surface area contributed by atoms with Gasteiger partial charge in [-0.2, -0.15) is 0 Å². The van der Waals surface area contributed by atoms with Crippen LogP contribution >= 0.6 is 0 Å². The van der Waals surface area contributed by atoms with Gasteiger partial charge in [0.15, 0.2) is 8.32 Å². The summed E-state index contributed by atoms with van der Waals surface area (Å²) < 4.78 is 40.3. The lowest BCUT2D eigenvalue weighted by atomic mass is 9.97. The number of ether oxygens (including phenoxy) is 1. The van der Waals surface area contributed by atoms with E-state index in [0.29, 0.717) is 18.6 Å². The number of amides is 2. The molecule has 0 saturated heterocycles. The highest BCUT2D eigenvalue weighted by atomic mass is 32.2. The molecule has 1 aliphatic rings. The van der Waals surface area contributed by atoms with Crippen molar-refractivity contribution < 1.29 is 37.4 Å². The molecule has 284 valence electrons. The highest BCUT2D eigenvalue weighted by Crippen LogP contribution is 2.40. The molecule has 4 rings (SSSR count). The van der Waals surface area contributed by atoms with E-state index in [1.165, 1.54) is 4.90 Å². The summed E-state index contributed by atoms with van der Waals surface area (Å²) in [5.74, 6) is -0.681. The van der Waals surface area contributed by atoms with Gasteiger partial charge in [-0.3, -0.25) is 9.78 Å². The normalized spacial score (nSPS) is 14.8. The molecule has 3 N–H and O–H groups in total. The second-order valence-corrected chi connectivity index (χ2v) is 21.7. The third-order valence-electron chi connectivity index (χ3n) is 10.1. The molecular formula is C39H55N3O8SSi. The Bertz CT molecular complexity index is 1720. The van der Waals surface area contributed by atoms with E-state index in [2.05, 4.69) is 43.6 Å². The molecule has 0 unspecified atom stereocenters. The molecule has 3 aromatic rings. The van der Waals surface area contributed by atoms with Crippen LogP contribution in [0, 0.1) is 0 Å². The van der Waals surface area contributed by atoms with Crippen molar-refractivity contribution in [1.29, 1.82) is 0 Å². The minimum atomic E-state index is -3.89. The van der Waals surface area contributed by atoms with Gasteiger partial charge in [0.25, 0.3) is 5.91 Å². The summed E-state index contributed by atoms with van der Waals surface area (Å²) in [6.45, 7) is 11.1. The molecule has 11 nitrogen and oxygen atoms in total. The molecule has 1 fully saturated rings. The number of aromatic nitrogens is 1. The van der Waals surface area contributed by atoms with E-state index in [1.807, 2.05) is 36.4 Å². The molecule has 0 radical (unpaired) electrons. The first-order valence-corrected chi connectivity index (χ1v) is 22.8. The third kappa shape index (κ3) is 11.9. The van der Waals surface area contributed by atoms with Gasteiger partial charge in [-0.15, -0.1) is 0 Å². The van der Waals surface area contributed by atoms with Gasteiger partial charge in [0, 0.05) is 25.5 Å². The zero-order valence-corrected chi connectivity index (χ0v) is 33.0. The van der Waals surface area contributed by atoms with Gasteiger partial charge in [0.1, 0.15) is 5.75 Å². The molecule has 13 heteroatoms. The number of aliphatic hydroxyl groups excluding tert-OH is 1. The van der Waals surface area contributed by atoms with E-state index in [-0.39, 0.29) is 48.6 Å². The van der Waals surface area contributed by atoms with Gasteiger partial charge < -0.3 is 24.3 Å². The Hall–Kier alpha value is -3.78. The number of nitrogens with one attached hydrogen (secondary N) is 1. The van der Waals surface area contributed by atoms with Crippen molar-refractivity contribution in [2.24, 2.45) is 0 Å². The lowest BCUT2D eigenvalue weighted by Crippen LogP contribution is -2.45. The molecule has 0 spiro atoms. The highest BCUT2D eigenvalue weighted by Gasteiger charge is 2.40. The monoisotopic (exact) mass is 753 g/mol. The Morgan fingerprint density at radius 1 is 1.02 bits per heavy atom. The van der Waals surface area contributed by atoms with Gasteiger partial charge in [-0.1, -0.05) is 63.6 Å². The van der Waals surface area contributed by atoms with Crippen molar-refractivity contribution in [3.8, 4) is 16.9 Å². The van der Waals surface area contributed by atoms with Crippen molar-refractivity contribution in [3.63, 3.8) is 0 Å². The first-order chi connectivity index (χ1) is 24.6. The van der Waals surface area contributed by atoms with Crippen LogP contribution in [0.15, 0.2) is 67.0 Å². The maximum absolute atomic E-state index is 13.2. The average Bonchev–Trinajstić information content (AvgIpc) is 3.09. The Morgan fingerprint density at radius 2 is 1.71 bits per heavy atom. The van der Waals surface area contributed by atoms with Crippen LogP contribution in [0.5, 0.6) is 5.75 Å². The van der Waals surface area contributed by atoms with E-state index < -0.39 is 36.4 Å². The minimum absolute atomic E-state index is 0.0553. The fraction of sp³-hybridized carbons (Fsp3) is 0.513. The van der Waals surface area contributed by atoms with Gasteiger partial charge >= 0.3 is 6.09 Å². The van der Waals surface area contributed by atoms with Gasteiger partial charge in [0.05, 0.1) is 30.1 Å². The number of benzene rings is 2. The van der Waals surface area contributed by atoms with Crippen LogP contribution in [-0.4, -0.2) is 80.4 Å². The second-order valence-electron chi connectivity index (χ2n) is 15.1. The Labute approximate surface area is 310 Å². The van der Waals surface area contributed by atoms with Crippen LogP contribution in [0.4, 0.5) is 4.79 Å². The molecule has 2 amide bonds. The van der Waals surface area contributed by atoms with Crippen LogP contribution in [0.3, 0.4) is 0 Å². The lowest BCUT2D eigenvalue weighted by Gasteiger charge is -2.40. The quantitative estimate of drug-likeness (QED) is 0.0935. The van der Waals surface area contributed by atoms with Crippen molar-refractivity contribution in [2.45, 2.75) is 102 Å². The van der Waals surface area contributed by atoms with Gasteiger partial charge in [0.2, 0.25) is 10.0 Å². The zero-order valence-electron chi connectivity index (χ0n) is 31.1. The van der Waals surface area contributed by atoms with E-state index in [4.69, 9.17) is 14.3 Å². The molecule has 1 atom stereocenters. The van der Waals surface area contributed by atoms with Crippen LogP contribution in [0.2, 0.25) is 18.1 Å². The van der Waals surface area contributed by atoms with Crippen molar-refractivity contribution in [2.75, 3.05) is 25.4 Å². The smallest absolute Gasteiger partial charge is 0.407 e. The summed E-state index contributed by atoms with van der Waals surface area (Å²) in [5.41, 5.74) is 3.62. The average molecular weight is 754 g/mol. The number of carbonyl (C=O) groups is 2. The summed E-state index contributed by atoms with van der Waals surface area (Å²) in [7, 11) is -6.12. The van der Waals surface area contributed by atoms with Crippen molar-refractivity contribution >= 4 is 30.3 Å². The van der Waals surface area contributed by atoms with Crippen molar-refractivity contribution in [1.82, 2.24) is 14.6 Å². The fourth-order valence-electron chi connectivity index (χ4n) is 5.90. The standard InChI is InChI=1S/C39H55N3O8SSi/c1-39(2,3)52(4,5)50-36(32-12-11-22-40-27-32)28-42(38(45)46)23-21-29-15-17-30(18-16-29)31-19-20-34(35(26-31)49-33-13-7-6-8-14-33)37(44)41-51(47,48)25-10-9-24-43/h11-12,15-20,22,26-27,33,36,43H,6-10,13-14,21,23-25,28H2,1-5H3,(H,41,44)(H,45,46)/t36-/m0/s1. The number of pyridine rings is 1. The number of sulfonamides is 1. The summed E-state index contributed by atoms with van der Waals surface area (Å²) in [4.78, 5) is 31.3. The van der Waals surface area contributed by atoms with Gasteiger partial charge in [-0.05, 0) is 104 Å². The molecule has 2 aromatic carbocycles. The molecule has 0 aliphatic heterocycles. The number of carboxylic acid groups (broad SMARTS) is 1. The molecule has 0 bridgehead atoms. The number of aliphatic hydroxyl groups is 1. The summed E-state index contributed by atoms with van der Waals surface area (Å²) >= 11 is 0. The number of rotatable bonds is 17. The maximum atomic E-state index is 13.2. The molecular weight excluding hydrogens is 699 g/mol. The Balaban J connectivity index is 1.50. The zero-order chi connectivity index (χ0) is 37.9. The van der Waals surface area contributed by atoms with E-state index in [0.717, 1.165) is 54.4 Å². The number of carbonyl (C=O) groups excluding carboxylic acids is 1. The fourth-order valence-corrected chi connectivity index (χ4v) is 8.26. The number of hydrogen-bond acceptors (Lipinski definition) is 8. The first kappa shape index (κ1) is 41.0. The molecule has 1 aliphatic carbocycles. The number of hydrogen-bond donors (Lipinski definition) is 3. The van der Waals surface area contributed by atoms with E-state index in [1.54, 1.807) is 30.6 Å². The number of nitrogens with zero attached hydrogens (tertiary/aromatic N) is 2. The molecule has 1 heterocycles. The topological polar surface area (TPSA) is 155 Å². The maximum Gasteiger partial charge on any atom is 0.407 e. The number of unbranched alkanes of at least 4 members (excludes halogenated alkanes) is 1. The lowest BCUT2D eigenvalue weighted by molar-refractivity contribution is 0.0969.